The van der Waals surface area contributed by atoms with Crippen LogP contribution in [0, 0.1) is 0 Å². The van der Waals surface area contributed by atoms with Gasteiger partial charge < -0.3 is 15.0 Å². The van der Waals surface area contributed by atoms with Crippen LogP contribution in [0.1, 0.15) is 18.3 Å². The summed E-state index contributed by atoms with van der Waals surface area (Å²) in [4.78, 5) is 7.82. The molecule has 5 heteroatoms. The zero-order chi connectivity index (χ0) is 13.2. The summed E-state index contributed by atoms with van der Waals surface area (Å²) in [5.74, 6) is 0.963. The summed E-state index contributed by atoms with van der Waals surface area (Å²) >= 11 is 5.89. The van der Waals surface area contributed by atoms with E-state index in [-0.39, 0.29) is 12.1 Å². The Labute approximate surface area is 117 Å². The molecule has 19 heavy (non-hydrogen) atoms. The van der Waals surface area contributed by atoms with E-state index in [1.807, 2.05) is 30.5 Å². The zero-order valence-electron chi connectivity index (χ0n) is 10.7. The summed E-state index contributed by atoms with van der Waals surface area (Å²) in [7, 11) is 1.75. The Morgan fingerprint density at radius 2 is 2.11 bits per heavy atom. The minimum absolute atomic E-state index is 0.242. The molecule has 1 aromatic heterocycles. The molecule has 0 spiro atoms. The number of aromatic nitrogens is 2. The second-order valence-electron chi connectivity index (χ2n) is 4.74. The van der Waals surface area contributed by atoms with Gasteiger partial charge in [0.15, 0.2) is 0 Å². The molecule has 0 amide bonds. The highest BCUT2D eigenvalue weighted by molar-refractivity contribution is 6.30. The number of ether oxygens (including phenoxy) is 1. The van der Waals surface area contributed by atoms with E-state index in [0.29, 0.717) is 0 Å². The average Bonchev–Trinajstić information content (AvgIpc) is 3.08. The maximum absolute atomic E-state index is 5.89. The molecule has 1 fully saturated rings. The summed E-state index contributed by atoms with van der Waals surface area (Å²) in [6.45, 7) is 0.873. The lowest BCUT2D eigenvalue weighted by atomic mass is 10.2. The van der Waals surface area contributed by atoms with E-state index < -0.39 is 0 Å². The van der Waals surface area contributed by atoms with Crippen LogP contribution in [0.5, 0.6) is 0 Å². The smallest absolute Gasteiger partial charge is 0.123 e. The quantitative estimate of drug-likeness (QED) is 0.907. The molecule has 2 atom stereocenters. The van der Waals surface area contributed by atoms with Crippen molar-refractivity contribution in [3.63, 3.8) is 0 Å². The van der Waals surface area contributed by atoms with Gasteiger partial charge in [0.25, 0.3) is 0 Å². The molecular weight excluding hydrogens is 262 g/mol. The molecule has 0 saturated carbocycles. The molecule has 2 unspecified atom stereocenters. The number of benzene rings is 1. The van der Waals surface area contributed by atoms with Crippen molar-refractivity contribution in [3.05, 3.63) is 41.3 Å². The van der Waals surface area contributed by atoms with Crippen LogP contribution in [-0.4, -0.2) is 29.7 Å². The van der Waals surface area contributed by atoms with Crippen molar-refractivity contribution >= 4 is 11.6 Å². The first-order valence-electron chi connectivity index (χ1n) is 6.33. The molecule has 4 nitrogen and oxygen atoms in total. The van der Waals surface area contributed by atoms with Crippen molar-refractivity contribution in [2.75, 3.05) is 13.7 Å². The van der Waals surface area contributed by atoms with E-state index in [1.54, 1.807) is 7.11 Å². The fourth-order valence-electron chi connectivity index (χ4n) is 2.38. The van der Waals surface area contributed by atoms with Crippen LogP contribution in [0.15, 0.2) is 30.5 Å². The van der Waals surface area contributed by atoms with Crippen LogP contribution in [0.25, 0.3) is 11.3 Å². The highest BCUT2D eigenvalue weighted by Crippen LogP contribution is 2.25. The number of rotatable bonds is 3. The first-order valence-corrected chi connectivity index (χ1v) is 6.71. The Hall–Kier alpha value is -1.36. The Balaban J connectivity index is 1.78. The van der Waals surface area contributed by atoms with Crippen LogP contribution in [-0.2, 0) is 4.74 Å². The Bertz CT molecular complexity index is 552. The molecule has 1 aromatic carbocycles. The largest absolute Gasteiger partial charge is 0.380 e. The topological polar surface area (TPSA) is 49.9 Å². The highest BCUT2D eigenvalue weighted by Gasteiger charge is 2.27. The van der Waals surface area contributed by atoms with E-state index in [9.17, 15) is 0 Å². The lowest BCUT2D eigenvalue weighted by Crippen LogP contribution is -2.16. The number of nitrogens with one attached hydrogen (secondary N) is 2. The van der Waals surface area contributed by atoms with Crippen molar-refractivity contribution in [1.82, 2.24) is 15.3 Å². The summed E-state index contributed by atoms with van der Waals surface area (Å²) in [5, 5.41) is 4.15. The van der Waals surface area contributed by atoms with E-state index in [0.717, 1.165) is 35.1 Å². The number of aromatic amines is 1. The van der Waals surface area contributed by atoms with Crippen molar-refractivity contribution in [2.45, 2.75) is 18.6 Å². The van der Waals surface area contributed by atoms with Gasteiger partial charge in [-0.15, -0.1) is 0 Å². The molecule has 100 valence electrons. The Kier molecular flexibility index (Phi) is 3.55. The van der Waals surface area contributed by atoms with Crippen LogP contribution in [0.4, 0.5) is 0 Å². The molecule has 2 heterocycles. The number of methoxy groups -OCH3 is 1. The maximum Gasteiger partial charge on any atom is 0.123 e. The molecule has 2 N–H and O–H groups in total. The first-order chi connectivity index (χ1) is 9.26. The number of hydrogen-bond donors (Lipinski definition) is 2. The first kappa shape index (κ1) is 12.7. The molecule has 3 rings (SSSR count). The highest BCUT2D eigenvalue weighted by atomic mass is 35.5. The van der Waals surface area contributed by atoms with Crippen molar-refractivity contribution < 1.29 is 4.74 Å². The van der Waals surface area contributed by atoms with Gasteiger partial charge in [0, 0.05) is 18.7 Å². The van der Waals surface area contributed by atoms with Gasteiger partial charge in [-0.1, -0.05) is 23.7 Å². The number of halogens is 1. The van der Waals surface area contributed by atoms with Gasteiger partial charge in [-0.3, -0.25) is 0 Å². The molecule has 2 aromatic rings. The van der Waals surface area contributed by atoms with E-state index >= 15 is 0 Å². The average molecular weight is 278 g/mol. The third-order valence-corrected chi connectivity index (χ3v) is 3.76. The number of hydrogen-bond acceptors (Lipinski definition) is 3. The van der Waals surface area contributed by atoms with Crippen LogP contribution in [0.2, 0.25) is 5.02 Å². The van der Waals surface area contributed by atoms with Gasteiger partial charge in [-0.25, -0.2) is 4.98 Å². The fourth-order valence-corrected chi connectivity index (χ4v) is 2.51. The van der Waals surface area contributed by atoms with Crippen LogP contribution in [0.3, 0.4) is 0 Å². The lowest BCUT2D eigenvalue weighted by molar-refractivity contribution is 0.117. The Morgan fingerprint density at radius 1 is 1.32 bits per heavy atom. The number of H-pyrrole nitrogens is 1. The molecule has 0 radical (unpaired) electrons. The Morgan fingerprint density at radius 3 is 2.79 bits per heavy atom. The molecular formula is C14H16ClN3O. The summed E-state index contributed by atoms with van der Waals surface area (Å²) in [6.07, 6.45) is 3.08. The second-order valence-corrected chi connectivity index (χ2v) is 5.18. The fraction of sp³-hybridized carbons (Fsp3) is 0.357. The van der Waals surface area contributed by atoms with Gasteiger partial charge in [-0.2, -0.15) is 0 Å². The second kappa shape index (κ2) is 5.33. The molecule has 0 aliphatic carbocycles. The monoisotopic (exact) mass is 277 g/mol. The SMILES string of the molecule is COC1CNC(c2ncc(-c3ccc(Cl)cc3)[nH]2)C1. The van der Waals surface area contributed by atoms with Gasteiger partial charge >= 0.3 is 0 Å². The van der Waals surface area contributed by atoms with Gasteiger partial charge in [0.05, 0.1) is 24.0 Å². The zero-order valence-corrected chi connectivity index (χ0v) is 11.4. The van der Waals surface area contributed by atoms with E-state index in [2.05, 4.69) is 15.3 Å². The predicted octanol–water partition coefficient (Wildman–Crippen LogP) is 2.78. The van der Waals surface area contributed by atoms with Crippen molar-refractivity contribution in [2.24, 2.45) is 0 Å². The van der Waals surface area contributed by atoms with Gasteiger partial charge in [-0.05, 0) is 24.1 Å². The van der Waals surface area contributed by atoms with Gasteiger partial charge in [0.2, 0.25) is 0 Å². The number of imidazole rings is 1. The normalized spacial score (nSPS) is 22.8. The van der Waals surface area contributed by atoms with Crippen molar-refractivity contribution in [3.8, 4) is 11.3 Å². The standard InChI is InChI=1S/C14H16ClN3O/c1-19-11-6-12(16-7-11)14-17-8-13(18-14)9-2-4-10(15)5-3-9/h2-5,8,11-12,16H,6-7H2,1H3,(H,17,18). The van der Waals surface area contributed by atoms with E-state index in [4.69, 9.17) is 16.3 Å². The van der Waals surface area contributed by atoms with Gasteiger partial charge in [0.1, 0.15) is 5.82 Å². The van der Waals surface area contributed by atoms with E-state index in [1.165, 1.54) is 0 Å². The molecule has 1 aliphatic heterocycles. The summed E-state index contributed by atoms with van der Waals surface area (Å²) in [5.41, 5.74) is 2.10. The third kappa shape index (κ3) is 2.66. The maximum atomic E-state index is 5.89. The third-order valence-electron chi connectivity index (χ3n) is 3.50. The molecule has 1 saturated heterocycles. The minimum atomic E-state index is 0.242. The van der Waals surface area contributed by atoms with Crippen LogP contribution < -0.4 is 5.32 Å². The van der Waals surface area contributed by atoms with Crippen LogP contribution >= 0.6 is 11.6 Å². The summed E-state index contributed by atoms with van der Waals surface area (Å²) < 4.78 is 5.35. The molecule has 0 bridgehead atoms. The molecule has 1 aliphatic rings. The predicted molar refractivity (Wildman–Crippen MR) is 75.2 cm³/mol. The lowest BCUT2D eigenvalue weighted by Gasteiger charge is -2.06. The number of nitrogens with zero attached hydrogens (tertiary/aromatic N) is 1. The summed E-state index contributed by atoms with van der Waals surface area (Å²) in [6, 6.07) is 7.98. The van der Waals surface area contributed by atoms with Crippen molar-refractivity contribution in [1.29, 1.82) is 0 Å². The minimum Gasteiger partial charge on any atom is -0.380 e.